The Morgan fingerprint density at radius 3 is 1.65 bits per heavy atom. The topological polar surface area (TPSA) is 23.5 Å². The molecular formula is C18H29NO. The standard InChI is InChI=1S/C18H29NO/c1-12-10-19(11-12)13-8-14(17(2,3)4)16(20)15(9-13)18(5,6)7/h8-9,12,20H,10-11H2,1-7H3. The first-order chi connectivity index (χ1) is 9.00. The van der Waals surface area contributed by atoms with E-state index in [-0.39, 0.29) is 10.8 Å². The molecule has 1 aliphatic rings. The van der Waals surface area contributed by atoms with Crippen LogP contribution in [0.25, 0.3) is 0 Å². The van der Waals surface area contributed by atoms with E-state index >= 15 is 0 Å². The Bertz CT molecular complexity index is 464. The molecule has 2 nitrogen and oxygen atoms in total. The fraction of sp³-hybridized carbons (Fsp3) is 0.667. The molecule has 0 amide bonds. The van der Waals surface area contributed by atoms with Gasteiger partial charge in [0.25, 0.3) is 0 Å². The third-order valence-corrected chi connectivity index (χ3v) is 4.14. The summed E-state index contributed by atoms with van der Waals surface area (Å²) in [6.45, 7) is 17.5. The summed E-state index contributed by atoms with van der Waals surface area (Å²) in [5.41, 5.74) is 3.28. The molecule has 0 spiro atoms. The summed E-state index contributed by atoms with van der Waals surface area (Å²) < 4.78 is 0. The van der Waals surface area contributed by atoms with Crippen molar-refractivity contribution in [3.8, 4) is 5.75 Å². The molecule has 0 aromatic heterocycles. The van der Waals surface area contributed by atoms with Gasteiger partial charge in [-0.15, -0.1) is 0 Å². The third kappa shape index (κ3) is 2.79. The predicted octanol–water partition coefficient (Wildman–Crippen LogP) is 4.44. The van der Waals surface area contributed by atoms with Crippen LogP contribution in [0.15, 0.2) is 12.1 Å². The summed E-state index contributed by atoms with van der Waals surface area (Å²) >= 11 is 0. The van der Waals surface area contributed by atoms with E-state index in [9.17, 15) is 5.11 Å². The van der Waals surface area contributed by atoms with Gasteiger partial charge in [0, 0.05) is 29.9 Å². The van der Waals surface area contributed by atoms with Crippen molar-refractivity contribution in [2.24, 2.45) is 5.92 Å². The highest BCUT2D eigenvalue weighted by molar-refractivity contribution is 5.61. The van der Waals surface area contributed by atoms with Gasteiger partial charge >= 0.3 is 0 Å². The molecule has 1 aliphatic heterocycles. The van der Waals surface area contributed by atoms with Crippen molar-refractivity contribution in [1.82, 2.24) is 0 Å². The quantitative estimate of drug-likeness (QED) is 0.819. The first kappa shape index (κ1) is 15.2. The molecule has 1 N–H and O–H groups in total. The monoisotopic (exact) mass is 275 g/mol. The summed E-state index contributed by atoms with van der Waals surface area (Å²) in [6, 6.07) is 4.35. The van der Waals surface area contributed by atoms with Crippen LogP contribution in [0.2, 0.25) is 0 Å². The molecule has 0 aliphatic carbocycles. The van der Waals surface area contributed by atoms with Gasteiger partial charge in [0.1, 0.15) is 5.75 Å². The molecule has 0 atom stereocenters. The van der Waals surface area contributed by atoms with E-state index in [2.05, 4.69) is 65.5 Å². The van der Waals surface area contributed by atoms with E-state index in [1.54, 1.807) is 0 Å². The smallest absolute Gasteiger partial charge is 0.123 e. The van der Waals surface area contributed by atoms with Crippen LogP contribution in [0.1, 0.15) is 59.6 Å². The lowest BCUT2D eigenvalue weighted by atomic mass is 9.79. The van der Waals surface area contributed by atoms with Crippen molar-refractivity contribution in [2.75, 3.05) is 18.0 Å². The van der Waals surface area contributed by atoms with E-state index in [0.29, 0.717) is 5.75 Å². The second-order valence-electron chi connectivity index (χ2n) is 8.40. The number of rotatable bonds is 1. The largest absolute Gasteiger partial charge is 0.507 e. The molecule has 1 aromatic carbocycles. The van der Waals surface area contributed by atoms with Crippen LogP contribution in [-0.4, -0.2) is 18.2 Å². The van der Waals surface area contributed by atoms with Crippen LogP contribution in [0.5, 0.6) is 5.75 Å². The zero-order chi connectivity index (χ0) is 15.3. The number of nitrogens with zero attached hydrogens (tertiary/aromatic N) is 1. The molecule has 0 bridgehead atoms. The van der Waals surface area contributed by atoms with Crippen LogP contribution < -0.4 is 4.90 Å². The summed E-state index contributed by atoms with van der Waals surface area (Å²) in [5, 5.41) is 10.7. The van der Waals surface area contributed by atoms with Gasteiger partial charge in [-0.3, -0.25) is 0 Å². The average Bonchev–Trinajstić information content (AvgIpc) is 2.22. The van der Waals surface area contributed by atoms with Crippen molar-refractivity contribution in [3.05, 3.63) is 23.3 Å². The van der Waals surface area contributed by atoms with Gasteiger partial charge in [0.2, 0.25) is 0 Å². The van der Waals surface area contributed by atoms with Gasteiger partial charge in [0.15, 0.2) is 0 Å². The van der Waals surface area contributed by atoms with Gasteiger partial charge in [-0.05, 0) is 28.9 Å². The number of phenolic OH excluding ortho intramolecular Hbond substituents is 1. The summed E-state index contributed by atoms with van der Waals surface area (Å²) in [6.07, 6.45) is 0. The molecular weight excluding hydrogens is 246 g/mol. The summed E-state index contributed by atoms with van der Waals surface area (Å²) in [5.74, 6) is 1.25. The Hall–Kier alpha value is -1.18. The minimum Gasteiger partial charge on any atom is -0.507 e. The fourth-order valence-electron chi connectivity index (χ4n) is 2.86. The normalized spacial score (nSPS) is 17.2. The molecule has 2 rings (SSSR count). The minimum atomic E-state index is -0.0451. The van der Waals surface area contributed by atoms with Gasteiger partial charge in [-0.25, -0.2) is 0 Å². The molecule has 2 heteroatoms. The number of hydrogen-bond acceptors (Lipinski definition) is 2. The number of hydrogen-bond donors (Lipinski definition) is 1. The molecule has 20 heavy (non-hydrogen) atoms. The molecule has 1 fully saturated rings. The lowest BCUT2D eigenvalue weighted by molar-refractivity contribution is 0.419. The highest BCUT2D eigenvalue weighted by Gasteiger charge is 2.30. The lowest BCUT2D eigenvalue weighted by Crippen LogP contribution is -2.45. The van der Waals surface area contributed by atoms with E-state index in [0.717, 1.165) is 30.1 Å². The number of aromatic hydroxyl groups is 1. The molecule has 1 aromatic rings. The van der Waals surface area contributed by atoms with Crippen LogP contribution in [-0.2, 0) is 10.8 Å². The van der Waals surface area contributed by atoms with E-state index in [4.69, 9.17) is 0 Å². The summed E-state index contributed by atoms with van der Waals surface area (Å²) in [7, 11) is 0. The maximum Gasteiger partial charge on any atom is 0.123 e. The number of benzene rings is 1. The second-order valence-corrected chi connectivity index (χ2v) is 8.40. The number of anilines is 1. The second kappa shape index (κ2) is 4.68. The van der Waals surface area contributed by atoms with Crippen LogP contribution in [0.4, 0.5) is 5.69 Å². The van der Waals surface area contributed by atoms with Crippen molar-refractivity contribution >= 4 is 5.69 Å². The average molecular weight is 275 g/mol. The van der Waals surface area contributed by atoms with Crippen molar-refractivity contribution in [1.29, 1.82) is 0 Å². The van der Waals surface area contributed by atoms with Gasteiger partial charge in [-0.2, -0.15) is 0 Å². The molecule has 0 unspecified atom stereocenters. The Labute approximate surface area is 123 Å². The Kier molecular flexibility index (Phi) is 3.56. The molecule has 0 radical (unpaired) electrons. The SMILES string of the molecule is CC1CN(c2cc(C(C)(C)C)c(O)c(C(C)(C)C)c2)C1. The fourth-order valence-corrected chi connectivity index (χ4v) is 2.86. The van der Waals surface area contributed by atoms with Crippen molar-refractivity contribution in [3.63, 3.8) is 0 Å². The van der Waals surface area contributed by atoms with E-state index < -0.39 is 0 Å². The highest BCUT2D eigenvalue weighted by Crippen LogP contribution is 2.42. The molecule has 112 valence electrons. The molecule has 1 heterocycles. The van der Waals surface area contributed by atoms with Crippen molar-refractivity contribution < 1.29 is 5.11 Å². The van der Waals surface area contributed by atoms with E-state index in [1.807, 2.05) is 0 Å². The predicted molar refractivity (Wildman–Crippen MR) is 86.9 cm³/mol. The maximum absolute atomic E-state index is 10.7. The van der Waals surface area contributed by atoms with Gasteiger partial charge in [0.05, 0.1) is 0 Å². The van der Waals surface area contributed by atoms with Crippen LogP contribution >= 0.6 is 0 Å². The van der Waals surface area contributed by atoms with Gasteiger partial charge < -0.3 is 10.0 Å². The van der Waals surface area contributed by atoms with E-state index in [1.165, 1.54) is 5.69 Å². The third-order valence-electron chi connectivity index (χ3n) is 4.14. The maximum atomic E-state index is 10.7. The minimum absolute atomic E-state index is 0.0451. The zero-order valence-corrected chi connectivity index (χ0v) is 14.0. The van der Waals surface area contributed by atoms with Crippen LogP contribution in [0.3, 0.4) is 0 Å². The Morgan fingerprint density at radius 2 is 1.35 bits per heavy atom. The molecule has 0 saturated carbocycles. The lowest BCUT2D eigenvalue weighted by Gasteiger charge is -2.41. The zero-order valence-electron chi connectivity index (χ0n) is 14.0. The first-order valence-corrected chi connectivity index (χ1v) is 7.63. The summed E-state index contributed by atoms with van der Waals surface area (Å²) in [4.78, 5) is 2.41. The molecule has 1 saturated heterocycles. The highest BCUT2D eigenvalue weighted by atomic mass is 16.3. The van der Waals surface area contributed by atoms with Gasteiger partial charge in [-0.1, -0.05) is 48.5 Å². The number of phenols is 1. The van der Waals surface area contributed by atoms with Crippen LogP contribution in [0, 0.1) is 5.92 Å². The van der Waals surface area contributed by atoms with Crippen molar-refractivity contribution in [2.45, 2.75) is 59.3 Å². The first-order valence-electron chi connectivity index (χ1n) is 7.63. The Morgan fingerprint density at radius 1 is 0.950 bits per heavy atom. The Balaban J connectivity index is 2.55.